The monoisotopic (exact) mass is 298 g/mol. The summed E-state index contributed by atoms with van der Waals surface area (Å²) in [4.78, 5) is 10.3. The third-order valence-corrected chi connectivity index (χ3v) is 3.72. The summed E-state index contributed by atoms with van der Waals surface area (Å²) in [6.45, 7) is 2.22. The van der Waals surface area contributed by atoms with Gasteiger partial charge >= 0.3 is 5.97 Å². The van der Waals surface area contributed by atoms with E-state index in [1.165, 1.54) is 32.1 Å². The van der Waals surface area contributed by atoms with Crippen LogP contribution in [-0.2, 0) is 4.79 Å². The number of carboxylic acid groups (broad SMARTS) is 1. The van der Waals surface area contributed by atoms with Gasteiger partial charge in [0.1, 0.15) is 0 Å². The van der Waals surface area contributed by atoms with Gasteiger partial charge in [0.2, 0.25) is 0 Å². The van der Waals surface area contributed by atoms with E-state index < -0.39 is 5.97 Å². The Kier molecular flexibility index (Phi) is 14.9. The van der Waals surface area contributed by atoms with Crippen molar-refractivity contribution in [2.24, 2.45) is 0 Å². The molecule has 0 saturated carbocycles. The standard InChI is InChI=1S/C18H34O3/c1-2-3-4-5-8-11-14-17(19)15-12-9-6-7-10-13-16-18(20)21/h12,15,17,19H,2-11,13-14,16H2,1H3,(H,20,21)/b15-12-/t17-/m1/s1. The first-order valence-electron chi connectivity index (χ1n) is 8.73. The lowest BCUT2D eigenvalue weighted by Crippen LogP contribution is -2.01. The quantitative estimate of drug-likeness (QED) is 0.327. The van der Waals surface area contributed by atoms with Crippen LogP contribution in [0.2, 0.25) is 0 Å². The highest BCUT2D eigenvalue weighted by molar-refractivity contribution is 5.66. The van der Waals surface area contributed by atoms with Crippen LogP contribution >= 0.6 is 0 Å². The van der Waals surface area contributed by atoms with Crippen molar-refractivity contribution in [3.8, 4) is 0 Å². The Balaban J connectivity index is 3.29. The first-order chi connectivity index (χ1) is 10.2. The number of aliphatic carboxylic acids is 1. The van der Waals surface area contributed by atoms with Crippen molar-refractivity contribution in [2.45, 2.75) is 96.5 Å². The zero-order valence-electron chi connectivity index (χ0n) is 13.7. The van der Waals surface area contributed by atoms with Crippen molar-refractivity contribution < 1.29 is 15.0 Å². The SMILES string of the molecule is CCCCCCCC[C@@H](O)/C=C\CCCCCCC(=O)O. The molecule has 0 aliphatic heterocycles. The smallest absolute Gasteiger partial charge is 0.303 e. The van der Waals surface area contributed by atoms with Crippen molar-refractivity contribution in [2.75, 3.05) is 0 Å². The number of aliphatic hydroxyl groups excluding tert-OH is 1. The van der Waals surface area contributed by atoms with E-state index in [2.05, 4.69) is 13.0 Å². The molecule has 124 valence electrons. The van der Waals surface area contributed by atoms with E-state index in [-0.39, 0.29) is 12.5 Å². The Morgan fingerprint density at radius 2 is 1.57 bits per heavy atom. The predicted molar refractivity (Wildman–Crippen MR) is 88.5 cm³/mol. The molecule has 21 heavy (non-hydrogen) atoms. The van der Waals surface area contributed by atoms with Gasteiger partial charge in [-0.2, -0.15) is 0 Å². The summed E-state index contributed by atoms with van der Waals surface area (Å²) >= 11 is 0. The maximum absolute atomic E-state index is 10.3. The minimum absolute atomic E-state index is 0.285. The van der Waals surface area contributed by atoms with Gasteiger partial charge in [0.25, 0.3) is 0 Å². The zero-order chi connectivity index (χ0) is 15.8. The van der Waals surface area contributed by atoms with E-state index in [1.807, 2.05) is 6.08 Å². The van der Waals surface area contributed by atoms with Gasteiger partial charge in [0.05, 0.1) is 6.10 Å². The molecule has 2 N–H and O–H groups in total. The largest absolute Gasteiger partial charge is 0.481 e. The van der Waals surface area contributed by atoms with Crippen LogP contribution in [0.5, 0.6) is 0 Å². The number of rotatable bonds is 15. The molecule has 0 radical (unpaired) electrons. The highest BCUT2D eigenvalue weighted by atomic mass is 16.4. The highest BCUT2D eigenvalue weighted by Gasteiger charge is 1.99. The minimum atomic E-state index is -0.701. The molecule has 0 aliphatic carbocycles. The maximum Gasteiger partial charge on any atom is 0.303 e. The van der Waals surface area contributed by atoms with Gasteiger partial charge in [0, 0.05) is 6.42 Å². The van der Waals surface area contributed by atoms with Gasteiger partial charge in [-0.05, 0) is 25.7 Å². The topological polar surface area (TPSA) is 57.5 Å². The van der Waals surface area contributed by atoms with Gasteiger partial charge in [-0.25, -0.2) is 0 Å². The first kappa shape index (κ1) is 20.2. The van der Waals surface area contributed by atoms with E-state index in [0.717, 1.165) is 44.9 Å². The normalized spacial score (nSPS) is 12.9. The molecule has 0 aromatic heterocycles. The average molecular weight is 298 g/mol. The minimum Gasteiger partial charge on any atom is -0.481 e. The molecule has 0 aliphatic rings. The summed E-state index contributed by atoms with van der Waals surface area (Å²) in [5, 5.41) is 18.3. The van der Waals surface area contributed by atoms with Crippen LogP contribution in [0.15, 0.2) is 12.2 Å². The fourth-order valence-electron chi connectivity index (χ4n) is 2.38. The third kappa shape index (κ3) is 17.1. The van der Waals surface area contributed by atoms with Gasteiger partial charge in [-0.15, -0.1) is 0 Å². The summed E-state index contributed by atoms with van der Waals surface area (Å²) < 4.78 is 0. The number of hydrogen-bond donors (Lipinski definition) is 2. The molecule has 3 nitrogen and oxygen atoms in total. The highest BCUT2D eigenvalue weighted by Crippen LogP contribution is 2.10. The second kappa shape index (κ2) is 15.6. The number of hydrogen-bond acceptors (Lipinski definition) is 2. The van der Waals surface area contributed by atoms with Gasteiger partial charge < -0.3 is 10.2 Å². The zero-order valence-corrected chi connectivity index (χ0v) is 13.7. The van der Waals surface area contributed by atoms with Crippen LogP contribution in [0, 0.1) is 0 Å². The molecule has 0 unspecified atom stereocenters. The first-order valence-corrected chi connectivity index (χ1v) is 8.73. The number of aliphatic hydroxyl groups is 1. The molecule has 0 amide bonds. The molecular weight excluding hydrogens is 264 g/mol. The molecule has 0 rings (SSSR count). The molecule has 0 aromatic carbocycles. The Labute approximate surface area is 130 Å². The number of carboxylic acids is 1. The van der Waals surface area contributed by atoms with Crippen LogP contribution in [0.4, 0.5) is 0 Å². The van der Waals surface area contributed by atoms with Crippen molar-refractivity contribution in [3.63, 3.8) is 0 Å². The van der Waals surface area contributed by atoms with E-state index in [9.17, 15) is 9.90 Å². The lowest BCUT2D eigenvalue weighted by molar-refractivity contribution is -0.137. The van der Waals surface area contributed by atoms with Crippen LogP contribution in [0.3, 0.4) is 0 Å². The molecule has 3 heteroatoms. The van der Waals surface area contributed by atoms with Gasteiger partial charge in [-0.3, -0.25) is 4.79 Å². The Bertz CT molecular complexity index is 261. The molecule has 1 atom stereocenters. The van der Waals surface area contributed by atoms with Crippen molar-refractivity contribution in [1.82, 2.24) is 0 Å². The van der Waals surface area contributed by atoms with Crippen molar-refractivity contribution >= 4 is 5.97 Å². The summed E-state index contributed by atoms with van der Waals surface area (Å²) in [5.74, 6) is -0.701. The van der Waals surface area contributed by atoms with E-state index in [1.54, 1.807) is 0 Å². The lowest BCUT2D eigenvalue weighted by Gasteiger charge is -2.05. The molecule has 0 bridgehead atoms. The summed E-state index contributed by atoms with van der Waals surface area (Å²) in [7, 11) is 0. The van der Waals surface area contributed by atoms with Gasteiger partial charge in [0.15, 0.2) is 0 Å². The second-order valence-electron chi connectivity index (χ2n) is 5.90. The average Bonchev–Trinajstić information content (AvgIpc) is 2.45. The molecule has 0 heterocycles. The fraction of sp³-hybridized carbons (Fsp3) is 0.833. The third-order valence-electron chi connectivity index (χ3n) is 3.72. The summed E-state index contributed by atoms with van der Waals surface area (Å²) in [5.41, 5.74) is 0. The van der Waals surface area contributed by atoms with Crippen LogP contribution in [0.25, 0.3) is 0 Å². The molecule has 0 saturated heterocycles. The number of allylic oxidation sites excluding steroid dienone is 1. The molecule has 0 spiro atoms. The van der Waals surface area contributed by atoms with E-state index in [4.69, 9.17) is 5.11 Å². The van der Waals surface area contributed by atoms with E-state index in [0.29, 0.717) is 0 Å². The van der Waals surface area contributed by atoms with Crippen LogP contribution in [0.1, 0.15) is 90.4 Å². The Hall–Kier alpha value is -0.830. The van der Waals surface area contributed by atoms with E-state index >= 15 is 0 Å². The van der Waals surface area contributed by atoms with Crippen molar-refractivity contribution in [3.05, 3.63) is 12.2 Å². The second-order valence-corrected chi connectivity index (χ2v) is 5.90. The van der Waals surface area contributed by atoms with Crippen LogP contribution in [-0.4, -0.2) is 22.3 Å². The molecular formula is C18H34O3. The summed E-state index contributed by atoms with van der Waals surface area (Å²) in [6, 6.07) is 0. The van der Waals surface area contributed by atoms with Crippen molar-refractivity contribution in [1.29, 1.82) is 0 Å². The molecule has 0 fully saturated rings. The number of carbonyl (C=O) groups is 1. The molecule has 0 aromatic rings. The predicted octanol–water partition coefficient (Wildman–Crippen LogP) is 5.08. The lowest BCUT2D eigenvalue weighted by atomic mass is 10.1. The Morgan fingerprint density at radius 3 is 2.29 bits per heavy atom. The maximum atomic E-state index is 10.3. The van der Waals surface area contributed by atoms with Crippen LogP contribution < -0.4 is 0 Å². The number of unbranched alkanes of at least 4 members (excludes halogenated alkanes) is 9. The fourth-order valence-corrected chi connectivity index (χ4v) is 2.38. The van der Waals surface area contributed by atoms with Gasteiger partial charge in [-0.1, -0.05) is 70.4 Å². The summed E-state index contributed by atoms with van der Waals surface area (Å²) in [6.07, 6.45) is 17.3. The Morgan fingerprint density at radius 1 is 0.952 bits per heavy atom.